The Morgan fingerprint density at radius 3 is 2.64 bits per heavy atom. The molecular weight excluding hydrogens is 250 g/mol. The smallest absolute Gasteiger partial charge is 0.343 e. The summed E-state index contributed by atoms with van der Waals surface area (Å²) in [5.41, 5.74) is 0. The zero-order chi connectivity index (χ0) is 11.0. The van der Waals surface area contributed by atoms with E-state index in [1.165, 1.54) is 0 Å². The van der Waals surface area contributed by atoms with E-state index in [1.807, 2.05) is 6.92 Å². The number of esters is 1. The number of rotatable bonds is 7. The van der Waals surface area contributed by atoms with Crippen LogP contribution in [0.1, 0.15) is 33.1 Å². The molecule has 0 aromatic rings. The Bertz CT molecular complexity index is 198. The minimum atomic E-state index is -1.05. The number of unbranched alkanes of at least 4 members (excludes halogenated alkanes) is 1. The fraction of sp³-hybridized carbons (Fsp3) is 0.778. The van der Waals surface area contributed by atoms with Crippen molar-refractivity contribution < 1.29 is 14.3 Å². The van der Waals surface area contributed by atoms with E-state index in [0.29, 0.717) is 19.4 Å². The number of ether oxygens (including phenoxy) is 1. The first kappa shape index (κ1) is 13.4. The number of alkyl halides is 1. The Kier molecular flexibility index (Phi) is 6.53. The third-order valence-electron chi connectivity index (χ3n) is 1.76. The van der Waals surface area contributed by atoms with Gasteiger partial charge in [0, 0.05) is 0 Å². The maximum absolute atomic E-state index is 11.5. The summed E-state index contributed by atoms with van der Waals surface area (Å²) < 4.78 is 3.79. The fourth-order valence-corrected chi connectivity index (χ4v) is 1.48. The highest BCUT2D eigenvalue weighted by Gasteiger charge is 2.35. The molecule has 1 amide bonds. The van der Waals surface area contributed by atoms with Gasteiger partial charge in [0.1, 0.15) is 0 Å². The molecule has 14 heavy (non-hydrogen) atoms. The van der Waals surface area contributed by atoms with Crippen molar-refractivity contribution in [3.05, 3.63) is 0 Å². The summed E-state index contributed by atoms with van der Waals surface area (Å²) in [5, 5.41) is 2.44. The van der Waals surface area contributed by atoms with Gasteiger partial charge < -0.3 is 10.1 Å². The van der Waals surface area contributed by atoms with Crippen molar-refractivity contribution in [1.82, 2.24) is 5.32 Å². The molecule has 0 aliphatic heterocycles. The molecule has 0 radical (unpaired) electrons. The summed E-state index contributed by atoms with van der Waals surface area (Å²) in [4.78, 5) is 21.8. The predicted octanol–water partition coefficient (Wildman–Crippen LogP) is 1.58. The number of carbonyl (C=O) groups excluding carboxylic acids is 2. The molecule has 0 aromatic carbocycles. The van der Waals surface area contributed by atoms with Crippen molar-refractivity contribution in [2.75, 3.05) is 6.61 Å². The van der Waals surface area contributed by atoms with Crippen LogP contribution < -0.4 is 5.32 Å². The van der Waals surface area contributed by atoms with Crippen molar-refractivity contribution >= 4 is 28.3 Å². The van der Waals surface area contributed by atoms with E-state index < -0.39 is 10.4 Å². The van der Waals surface area contributed by atoms with Gasteiger partial charge in [0.2, 0.25) is 6.41 Å². The van der Waals surface area contributed by atoms with Crippen molar-refractivity contribution in [3.8, 4) is 0 Å². The maximum atomic E-state index is 11.5. The number of halogens is 1. The van der Waals surface area contributed by atoms with Crippen molar-refractivity contribution in [2.24, 2.45) is 0 Å². The van der Waals surface area contributed by atoms with Crippen LogP contribution >= 0.6 is 15.9 Å². The fourth-order valence-electron chi connectivity index (χ4n) is 0.992. The lowest BCUT2D eigenvalue weighted by atomic mass is 10.1. The van der Waals surface area contributed by atoms with Gasteiger partial charge in [-0.25, -0.2) is 4.79 Å². The highest BCUT2D eigenvalue weighted by Crippen LogP contribution is 2.23. The summed E-state index contributed by atoms with van der Waals surface area (Å²) in [6.45, 7) is 4.05. The van der Waals surface area contributed by atoms with Crippen LogP contribution in [0.2, 0.25) is 0 Å². The van der Waals surface area contributed by atoms with Crippen LogP contribution in [0.15, 0.2) is 0 Å². The first-order valence-electron chi connectivity index (χ1n) is 4.68. The normalized spacial score (nSPS) is 14.2. The first-order valence-corrected chi connectivity index (χ1v) is 5.47. The molecule has 1 atom stereocenters. The monoisotopic (exact) mass is 265 g/mol. The Hall–Kier alpha value is -0.580. The molecule has 1 unspecified atom stereocenters. The van der Waals surface area contributed by atoms with E-state index in [1.54, 1.807) is 6.92 Å². The Labute approximate surface area is 92.5 Å². The molecule has 0 heterocycles. The van der Waals surface area contributed by atoms with Crippen LogP contribution in [-0.2, 0) is 14.3 Å². The first-order chi connectivity index (χ1) is 6.60. The molecule has 0 spiro atoms. The van der Waals surface area contributed by atoms with Crippen LogP contribution in [0, 0.1) is 0 Å². The summed E-state index contributed by atoms with van der Waals surface area (Å²) >= 11 is 3.20. The van der Waals surface area contributed by atoms with E-state index in [4.69, 9.17) is 4.74 Å². The predicted molar refractivity (Wildman–Crippen MR) is 57.0 cm³/mol. The molecule has 0 rings (SSSR count). The van der Waals surface area contributed by atoms with Crippen LogP contribution in [0.5, 0.6) is 0 Å². The molecule has 0 saturated heterocycles. The lowest BCUT2D eigenvalue weighted by molar-refractivity contribution is -0.148. The Morgan fingerprint density at radius 2 is 2.21 bits per heavy atom. The highest BCUT2D eigenvalue weighted by molar-refractivity contribution is 9.10. The van der Waals surface area contributed by atoms with Gasteiger partial charge in [0.05, 0.1) is 6.61 Å². The molecule has 0 saturated carbocycles. The number of hydrogen-bond donors (Lipinski definition) is 1. The maximum Gasteiger partial charge on any atom is 0.343 e. The van der Waals surface area contributed by atoms with Gasteiger partial charge in [0.25, 0.3) is 0 Å². The molecular formula is C9H16BrNO3. The topological polar surface area (TPSA) is 55.4 Å². The largest absolute Gasteiger partial charge is 0.464 e. The zero-order valence-corrected chi connectivity index (χ0v) is 10.1. The van der Waals surface area contributed by atoms with Gasteiger partial charge in [-0.1, -0.05) is 13.3 Å². The Morgan fingerprint density at radius 1 is 1.57 bits per heavy atom. The number of carbonyl (C=O) groups is 2. The molecule has 0 fully saturated rings. The standard InChI is InChI=1S/C9H16BrNO3/c1-3-5-6-9(10,11-7-12)8(13)14-4-2/h7H,3-6H2,1-2H3,(H,11,12). The highest BCUT2D eigenvalue weighted by atomic mass is 79.9. The van der Waals surface area contributed by atoms with E-state index >= 15 is 0 Å². The van der Waals surface area contributed by atoms with Crippen LogP contribution in [0.4, 0.5) is 0 Å². The van der Waals surface area contributed by atoms with E-state index in [0.717, 1.165) is 12.8 Å². The van der Waals surface area contributed by atoms with Gasteiger partial charge in [-0.3, -0.25) is 4.79 Å². The minimum absolute atomic E-state index is 0.304. The molecule has 0 aliphatic carbocycles. The van der Waals surface area contributed by atoms with Crippen LogP contribution in [0.25, 0.3) is 0 Å². The molecule has 4 nitrogen and oxygen atoms in total. The molecule has 5 heteroatoms. The Balaban J connectivity index is 4.35. The van der Waals surface area contributed by atoms with E-state index in [-0.39, 0.29) is 0 Å². The van der Waals surface area contributed by atoms with E-state index in [9.17, 15) is 9.59 Å². The quantitative estimate of drug-likeness (QED) is 0.329. The SMILES string of the molecule is CCCCC(Br)(NC=O)C(=O)OCC. The molecule has 1 N–H and O–H groups in total. The van der Waals surface area contributed by atoms with Gasteiger partial charge >= 0.3 is 5.97 Å². The van der Waals surface area contributed by atoms with Crippen molar-refractivity contribution in [1.29, 1.82) is 0 Å². The van der Waals surface area contributed by atoms with E-state index in [2.05, 4.69) is 21.2 Å². The minimum Gasteiger partial charge on any atom is -0.464 e. The van der Waals surface area contributed by atoms with Crippen LogP contribution in [0.3, 0.4) is 0 Å². The lowest BCUT2D eigenvalue weighted by Crippen LogP contribution is -2.47. The molecule has 0 bridgehead atoms. The summed E-state index contributed by atoms with van der Waals surface area (Å²) in [6, 6.07) is 0. The molecule has 82 valence electrons. The van der Waals surface area contributed by atoms with Crippen molar-refractivity contribution in [2.45, 2.75) is 37.6 Å². The average Bonchev–Trinajstić information content (AvgIpc) is 2.15. The van der Waals surface area contributed by atoms with Gasteiger partial charge in [-0.15, -0.1) is 0 Å². The second-order valence-corrected chi connectivity index (χ2v) is 4.24. The zero-order valence-electron chi connectivity index (χ0n) is 8.51. The van der Waals surface area contributed by atoms with Crippen molar-refractivity contribution in [3.63, 3.8) is 0 Å². The van der Waals surface area contributed by atoms with Gasteiger partial charge in [-0.05, 0) is 35.7 Å². The summed E-state index contributed by atoms with van der Waals surface area (Å²) in [6.07, 6.45) is 2.82. The average molecular weight is 266 g/mol. The third-order valence-corrected chi connectivity index (χ3v) is 2.71. The summed E-state index contributed by atoms with van der Waals surface area (Å²) in [5.74, 6) is -0.444. The summed E-state index contributed by atoms with van der Waals surface area (Å²) in [7, 11) is 0. The lowest BCUT2D eigenvalue weighted by Gasteiger charge is -2.24. The van der Waals surface area contributed by atoms with Gasteiger partial charge in [-0.2, -0.15) is 0 Å². The second kappa shape index (κ2) is 6.81. The van der Waals surface area contributed by atoms with Gasteiger partial charge in [0.15, 0.2) is 4.45 Å². The number of amides is 1. The third kappa shape index (κ3) is 4.09. The number of hydrogen-bond acceptors (Lipinski definition) is 3. The second-order valence-electron chi connectivity index (χ2n) is 2.89. The van der Waals surface area contributed by atoms with Crippen LogP contribution in [-0.4, -0.2) is 23.4 Å². The number of nitrogens with one attached hydrogen (secondary N) is 1. The molecule has 0 aliphatic rings. The molecule has 0 aromatic heterocycles.